The lowest BCUT2D eigenvalue weighted by molar-refractivity contribution is -0.136. The molecule has 1 atom stereocenters. The SMILES string of the molecule is COc1ccc(OC)c([C@H]2CC(=O)N(c3ccc(C)c(Cl)c3)C3=C2C(=O)OC3)c1. The van der Waals surface area contributed by atoms with Crippen LogP contribution in [-0.4, -0.2) is 32.7 Å². The summed E-state index contributed by atoms with van der Waals surface area (Å²) in [5.74, 6) is 0.161. The van der Waals surface area contributed by atoms with Crippen molar-refractivity contribution < 1.29 is 23.8 Å². The molecule has 29 heavy (non-hydrogen) atoms. The molecule has 7 heteroatoms. The number of cyclic esters (lactones) is 1. The van der Waals surface area contributed by atoms with Crippen LogP contribution in [0.5, 0.6) is 11.5 Å². The van der Waals surface area contributed by atoms with Gasteiger partial charge in [0.05, 0.1) is 31.2 Å². The molecule has 0 bridgehead atoms. The highest BCUT2D eigenvalue weighted by Crippen LogP contribution is 2.45. The Kier molecular flexibility index (Phi) is 4.96. The van der Waals surface area contributed by atoms with Crippen molar-refractivity contribution in [1.29, 1.82) is 0 Å². The van der Waals surface area contributed by atoms with Crippen molar-refractivity contribution in [2.75, 3.05) is 25.7 Å². The molecule has 2 aromatic rings. The Labute approximate surface area is 173 Å². The summed E-state index contributed by atoms with van der Waals surface area (Å²) in [5, 5.41) is 0.555. The molecule has 4 rings (SSSR count). The van der Waals surface area contributed by atoms with Gasteiger partial charge in [0.1, 0.15) is 18.1 Å². The number of halogens is 1. The molecule has 2 aliphatic heterocycles. The van der Waals surface area contributed by atoms with Crippen LogP contribution in [0.2, 0.25) is 5.02 Å². The van der Waals surface area contributed by atoms with Gasteiger partial charge in [0.15, 0.2) is 0 Å². The van der Waals surface area contributed by atoms with Gasteiger partial charge in [-0.3, -0.25) is 9.69 Å². The van der Waals surface area contributed by atoms with Gasteiger partial charge in [0, 0.05) is 22.9 Å². The molecule has 0 aliphatic carbocycles. The summed E-state index contributed by atoms with van der Waals surface area (Å²) < 4.78 is 16.1. The standard InChI is InChI=1S/C22H20ClNO5/c1-12-4-5-13(8-17(12)23)24-18-11-29-22(26)21(18)16(10-20(24)25)15-9-14(27-2)6-7-19(15)28-3/h4-9,16H,10-11H2,1-3H3/t16-/m1/s1. The molecule has 0 unspecified atom stereocenters. The summed E-state index contributed by atoms with van der Waals surface area (Å²) in [4.78, 5) is 27.4. The first-order valence-electron chi connectivity index (χ1n) is 9.15. The van der Waals surface area contributed by atoms with Crippen molar-refractivity contribution >= 4 is 29.2 Å². The Hall–Kier alpha value is -2.99. The molecule has 6 nitrogen and oxygen atoms in total. The van der Waals surface area contributed by atoms with Crippen LogP contribution in [0.4, 0.5) is 5.69 Å². The van der Waals surface area contributed by atoms with E-state index in [-0.39, 0.29) is 18.9 Å². The lowest BCUT2D eigenvalue weighted by atomic mass is 9.83. The molecular formula is C22H20ClNO5. The van der Waals surface area contributed by atoms with Crippen molar-refractivity contribution in [1.82, 2.24) is 0 Å². The predicted molar refractivity (Wildman–Crippen MR) is 109 cm³/mol. The number of carbonyl (C=O) groups is 2. The third kappa shape index (κ3) is 3.23. The third-order valence-electron chi connectivity index (χ3n) is 5.34. The van der Waals surface area contributed by atoms with E-state index in [0.29, 0.717) is 39.0 Å². The van der Waals surface area contributed by atoms with Gasteiger partial charge < -0.3 is 14.2 Å². The average molecular weight is 414 g/mol. The highest BCUT2D eigenvalue weighted by Gasteiger charge is 2.44. The number of rotatable bonds is 4. The Balaban J connectivity index is 1.86. The van der Waals surface area contributed by atoms with Gasteiger partial charge >= 0.3 is 5.97 Å². The molecule has 0 radical (unpaired) electrons. The largest absolute Gasteiger partial charge is 0.497 e. The summed E-state index contributed by atoms with van der Waals surface area (Å²) in [5.41, 5.74) is 3.25. The normalized spacial score (nSPS) is 18.6. The van der Waals surface area contributed by atoms with Crippen molar-refractivity contribution in [2.24, 2.45) is 0 Å². The fraction of sp³-hybridized carbons (Fsp3) is 0.273. The zero-order chi connectivity index (χ0) is 20.7. The van der Waals surface area contributed by atoms with Crippen LogP contribution < -0.4 is 14.4 Å². The van der Waals surface area contributed by atoms with E-state index in [1.165, 1.54) is 4.90 Å². The molecule has 0 saturated heterocycles. The fourth-order valence-electron chi connectivity index (χ4n) is 3.85. The number of nitrogens with zero attached hydrogens (tertiary/aromatic N) is 1. The van der Waals surface area contributed by atoms with E-state index in [1.807, 2.05) is 19.1 Å². The number of ether oxygens (including phenoxy) is 3. The Morgan fingerprint density at radius 1 is 1.10 bits per heavy atom. The van der Waals surface area contributed by atoms with Crippen molar-refractivity contribution in [3.8, 4) is 11.5 Å². The van der Waals surface area contributed by atoms with Crippen molar-refractivity contribution in [2.45, 2.75) is 19.3 Å². The molecule has 150 valence electrons. The molecule has 2 aliphatic rings. The zero-order valence-corrected chi connectivity index (χ0v) is 17.1. The minimum Gasteiger partial charge on any atom is -0.497 e. The Morgan fingerprint density at radius 3 is 2.59 bits per heavy atom. The van der Waals surface area contributed by atoms with E-state index in [1.54, 1.807) is 38.5 Å². The minimum atomic E-state index is -0.477. The number of amides is 1. The molecule has 2 aromatic carbocycles. The Bertz CT molecular complexity index is 1050. The van der Waals surface area contributed by atoms with E-state index in [9.17, 15) is 9.59 Å². The zero-order valence-electron chi connectivity index (χ0n) is 16.3. The first-order valence-corrected chi connectivity index (χ1v) is 9.53. The van der Waals surface area contributed by atoms with Gasteiger partial charge in [-0.2, -0.15) is 0 Å². The minimum absolute atomic E-state index is 0.0359. The smallest absolute Gasteiger partial charge is 0.336 e. The monoisotopic (exact) mass is 413 g/mol. The summed E-state index contributed by atoms with van der Waals surface area (Å²) in [7, 11) is 3.12. The van der Waals surface area contributed by atoms with Crippen LogP contribution in [0, 0.1) is 6.92 Å². The molecule has 0 fully saturated rings. The van der Waals surface area contributed by atoms with Crippen LogP contribution >= 0.6 is 11.6 Å². The van der Waals surface area contributed by atoms with E-state index in [2.05, 4.69) is 0 Å². The van der Waals surface area contributed by atoms with Gasteiger partial charge in [-0.05, 0) is 42.8 Å². The molecule has 0 spiro atoms. The highest BCUT2D eigenvalue weighted by molar-refractivity contribution is 6.31. The van der Waals surface area contributed by atoms with E-state index in [4.69, 9.17) is 25.8 Å². The van der Waals surface area contributed by atoms with Crippen LogP contribution in [0.3, 0.4) is 0 Å². The van der Waals surface area contributed by atoms with E-state index < -0.39 is 11.9 Å². The van der Waals surface area contributed by atoms with Gasteiger partial charge in [-0.15, -0.1) is 0 Å². The number of carbonyl (C=O) groups excluding carboxylic acids is 2. The van der Waals surface area contributed by atoms with Crippen LogP contribution in [0.15, 0.2) is 47.7 Å². The fourth-order valence-corrected chi connectivity index (χ4v) is 4.03. The van der Waals surface area contributed by atoms with E-state index in [0.717, 1.165) is 5.56 Å². The lowest BCUT2D eigenvalue weighted by Gasteiger charge is -2.32. The van der Waals surface area contributed by atoms with Crippen LogP contribution in [-0.2, 0) is 14.3 Å². The van der Waals surface area contributed by atoms with Gasteiger partial charge in [-0.25, -0.2) is 4.79 Å². The van der Waals surface area contributed by atoms with Crippen molar-refractivity contribution in [3.63, 3.8) is 0 Å². The lowest BCUT2D eigenvalue weighted by Crippen LogP contribution is -2.37. The first kappa shape index (κ1) is 19.3. The predicted octanol–water partition coefficient (Wildman–Crippen LogP) is 4.00. The molecule has 1 amide bonds. The number of anilines is 1. The topological polar surface area (TPSA) is 65.1 Å². The van der Waals surface area contributed by atoms with E-state index >= 15 is 0 Å². The number of benzene rings is 2. The molecule has 0 saturated carbocycles. The number of methoxy groups -OCH3 is 2. The van der Waals surface area contributed by atoms with Gasteiger partial charge in [-0.1, -0.05) is 17.7 Å². The summed E-state index contributed by atoms with van der Waals surface area (Å²) in [6.07, 6.45) is 0.100. The molecular weight excluding hydrogens is 394 g/mol. The number of hydrogen-bond donors (Lipinski definition) is 0. The van der Waals surface area contributed by atoms with Gasteiger partial charge in [0.25, 0.3) is 0 Å². The first-order chi connectivity index (χ1) is 13.9. The van der Waals surface area contributed by atoms with Crippen LogP contribution in [0.1, 0.15) is 23.5 Å². The number of esters is 1. The maximum absolute atomic E-state index is 13.2. The second-order valence-corrected chi connectivity index (χ2v) is 7.37. The van der Waals surface area contributed by atoms with Gasteiger partial charge in [0.2, 0.25) is 5.91 Å². The number of aryl methyl sites for hydroxylation is 1. The molecule has 0 N–H and O–H groups in total. The number of hydrogen-bond acceptors (Lipinski definition) is 5. The summed E-state index contributed by atoms with van der Waals surface area (Å²) in [6.45, 7) is 1.93. The maximum Gasteiger partial charge on any atom is 0.336 e. The highest BCUT2D eigenvalue weighted by atomic mass is 35.5. The molecule has 0 aromatic heterocycles. The quantitative estimate of drug-likeness (QED) is 0.709. The third-order valence-corrected chi connectivity index (χ3v) is 5.75. The maximum atomic E-state index is 13.2. The Morgan fingerprint density at radius 2 is 1.90 bits per heavy atom. The molecule has 2 heterocycles. The van der Waals surface area contributed by atoms with Crippen LogP contribution in [0.25, 0.3) is 0 Å². The second-order valence-electron chi connectivity index (χ2n) is 6.96. The average Bonchev–Trinajstić information content (AvgIpc) is 3.10. The second kappa shape index (κ2) is 7.44. The van der Waals surface area contributed by atoms with Crippen molar-refractivity contribution in [3.05, 3.63) is 63.8 Å². The summed E-state index contributed by atoms with van der Waals surface area (Å²) in [6, 6.07) is 10.7. The summed E-state index contributed by atoms with van der Waals surface area (Å²) >= 11 is 6.27.